The monoisotopic (exact) mass is 443 g/mol. The van der Waals surface area contributed by atoms with Gasteiger partial charge in [-0.2, -0.15) is 0 Å². The summed E-state index contributed by atoms with van der Waals surface area (Å²) >= 11 is 0. The average Bonchev–Trinajstić information content (AvgIpc) is 2.71. The molecule has 8 nitrogen and oxygen atoms in total. The van der Waals surface area contributed by atoms with Gasteiger partial charge in [-0.05, 0) is 50.0 Å². The fourth-order valence-corrected chi connectivity index (χ4v) is 4.97. The molecule has 0 bridgehead atoms. The van der Waals surface area contributed by atoms with Gasteiger partial charge in [-0.3, -0.25) is 4.90 Å². The number of piperidine rings is 1. The Labute approximate surface area is 187 Å². The van der Waals surface area contributed by atoms with Gasteiger partial charge in [-0.25, -0.2) is 4.79 Å². The van der Waals surface area contributed by atoms with Crippen LogP contribution < -0.4 is 10.6 Å². The Balaban J connectivity index is 1.55. The number of amides is 2. The maximum absolute atomic E-state index is 12.2. The van der Waals surface area contributed by atoms with Gasteiger partial charge in [0.2, 0.25) is 0 Å². The van der Waals surface area contributed by atoms with Crippen molar-refractivity contribution in [2.75, 3.05) is 26.2 Å². The molecule has 1 aliphatic carbocycles. The van der Waals surface area contributed by atoms with Crippen LogP contribution in [-0.2, 0) is 0 Å². The number of nitrogens with zero attached hydrogens (tertiary/aromatic N) is 1. The van der Waals surface area contributed by atoms with E-state index in [9.17, 15) is 25.2 Å². The zero-order chi connectivity index (χ0) is 23.0. The van der Waals surface area contributed by atoms with Gasteiger partial charge >= 0.3 is 6.03 Å². The maximum atomic E-state index is 12.2. The number of aliphatic hydroxyl groups is 4. The van der Waals surface area contributed by atoms with Crippen LogP contribution in [0.2, 0.25) is 0 Å². The van der Waals surface area contributed by atoms with Gasteiger partial charge in [0.25, 0.3) is 0 Å². The Morgan fingerprint density at radius 3 is 2.42 bits per heavy atom. The van der Waals surface area contributed by atoms with E-state index in [2.05, 4.69) is 31.4 Å². The van der Waals surface area contributed by atoms with Crippen molar-refractivity contribution >= 4 is 6.03 Å². The molecule has 1 saturated carbocycles. The van der Waals surface area contributed by atoms with E-state index >= 15 is 0 Å². The summed E-state index contributed by atoms with van der Waals surface area (Å²) in [5.41, 5.74) is 0.290. The van der Waals surface area contributed by atoms with E-state index < -0.39 is 24.4 Å². The summed E-state index contributed by atoms with van der Waals surface area (Å²) < 4.78 is 0. The SMILES string of the molecule is CC(C)(C)[C@H]1CCCC(NC(=O)NCCCCCCN2C[C@H](O)[C@@H](O)[C@H](O)[C@H]2CO)C1. The number of unbranched alkanes of at least 4 members (excludes halogenated alkanes) is 3. The summed E-state index contributed by atoms with van der Waals surface area (Å²) in [6, 6.07) is -0.340. The summed E-state index contributed by atoms with van der Waals surface area (Å²) in [7, 11) is 0. The fourth-order valence-electron chi connectivity index (χ4n) is 4.97. The standard InChI is InChI=1S/C23H45N3O5/c1-23(2,3)16-9-8-10-17(13-16)25-22(31)24-11-6-4-5-7-12-26-14-19(28)21(30)20(29)18(26)15-27/h16-21,27-30H,4-15H2,1-3H3,(H2,24,25,31)/t16-,17?,18+,19-,20+,21+/m0/s1. The topological polar surface area (TPSA) is 125 Å². The molecule has 1 aliphatic heterocycles. The number of β-amino-alcohol motifs (C(OH)–C–C–N with tert-alkyl or cyclic N) is 1. The Morgan fingerprint density at radius 1 is 1.03 bits per heavy atom. The Bertz CT molecular complexity index is 542. The van der Waals surface area contributed by atoms with Crippen LogP contribution in [0.25, 0.3) is 0 Å². The predicted molar refractivity (Wildman–Crippen MR) is 121 cm³/mol. The molecular formula is C23H45N3O5. The van der Waals surface area contributed by atoms with Gasteiger partial charge < -0.3 is 31.1 Å². The van der Waals surface area contributed by atoms with E-state index in [4.69, 9.17) is 0 Å². The molecule has 2 aliphatic rings. The first-order chi connectivity index (χ1) is 14.6. The minimum absolute atomic E-state index is 0.0693. The van der Waals surface area contributed by atoms with Crippen molar-refractivity contribution in [1.29, 1.82) is 0 Å². The van der Waals surface area contributed by atoms with Crippen LogP contribution in [0.1, 0.15) is 72.1 Å². The van der Waals surface area contributed by atoms with Crippen LogP contribution in [0, 0.1) is 11.3 Å². The number of carbonyl (C=O) groups excluding carboxylic acids is 1. The molecule has 6 N–H and O–H groups in total. The van der Waals surface area contributed by atoms with Crippen molar-refractivity contribution in [2.24, 2.45) is 11.3 Å². The molecule has 0 radical (unpaired) electrons. The second kappa shape index (κ2) is 12.3. The quantitative estimate of drug-likeness (QED) is 0.298. The van der Waals surface area contributed by atoms with Crippen molar-refractivity contribution in [3.8, 4) is 0 Å². The lowest BCUT2D eigenvalue weighted by molar-refractivity contribution is -0.145. The van der Waals surface area contributed by atoms with Crippen molar-refractivity contribution < 1.29 is 25.2 Å². The molecule has 31 heavy (non-hydrogen) atoms. The molecule has 0 aromatic carbocycles. The molecule has 2 fully saturated rings. The lowest BCUT2D eigenvalue weighted by atomic mass is 9.71. The van der Waals surface area contributed by atoms with Crippen LogP contribution in [0.15, 0.2) is 0 Å². The smallest absolute Gasteiger partial charge is 0.315 e. The lowest BCUT2D eigenvalue weighted by Gasteiger charge is -2.43. The number of urea groups is 1. The van der Waals surface area contributed by atoms with Crippen molar-refractivity contribution in [3.63, 3.8) is 0 Å². The molecule has 2 rings (SSSR count). The number of hydrogen-bond acceptors (Lipinski definition) is 6. The molecule has 8 heteroatoms. The third kappa shape index (κ3) is 8.17. The highest BCUT2D eigenvalue weighted by molar-refractivity contribution is 5.74. The Morgan fingerprint density at radius 2 is 1.74 bits per heavy atom. The molecule has 6 atom stereocenters. The van der Waals surface area contributed by atoms with Gasteiger partial charge in [-0.15, -0.1) is 0 Å². The third-order valence-electron chi connectivity index (χ3n) is 7.11. The Kier molecular flexibility index (Phi) is 10.5. The van der Waals surface area contributed by atoms with Crippen molar-refractivity contribution in [2.45, 2.75) is 103 Å². The summed E-state index contributed by atoms with van der Waals surface area (Å²) in [6.45, 7) is 8.14. The fraction of sp³-hybridized carbons (Fsp3) is 0.957. The summed E-state index contributed by atoms with van der Waals surface area (Å²) in [5.74, 6) is 0.655. The number of carbonyl (C=O) groups is 1. The summed E-state index contributed by atoms with van der Waals surface area (Å²) in [4.78, 5) is 14.0. The van der Waals surface area contributed by atoms with Crippen LogP contribution >= 0.6 is 0 Å². The van der Waals surface area contributed by atoms with Crippen molar-refractivity contribution in [1.82, 2.24) is 15.5 Å². The number of nitrogens with one attached hydrogen (secondary N) is 2. The molecule has 2 amide bonds. The molecule has 0 aromatic heterocycles. The highest BCUT2D eigenvalue weighted by Crippen LogP contribution is 2.37. The number of hydrogen-bond donors (Lipinski definition) is 6. The van der Waals surface area contributed by atoms with E-state index in [-0.39, 0.29) is 30.6 Å². The minimum atomic E-state index is -1.21. The first-order valence-corrected chi connectivity index (χ1v) is 12.1. The van der Waals surface area contributed by atoms with Crippen LogP contribution in [0.5, 0.6) is 0 Å². The van der Waals surface area contributed by atoms with Crippen LogP contribution in [0.4, 0.5) is 4.79 Å². The number of likely N-dealkylation sites (tertiary alicyclic amines) is 1. The Hall–Kier alpha value is -0.930. The van der Waals surface area contributed by atoms with E-state index in [1.165, 1.54) is 12.8 Å². The predicted octanol–water partition coefficient (Wildman–Crippen LogP) is 1.21. The van der Waals surface area contributed by atoms with E-state index in [1.54, 1.807) is 0 Å². The van der Waals surface area contributed by atoms with Crippen LogP contribution in [0.3, 0.4) is 0 Å². The largest absolute Gasteiger partial charge is 0.395 e. The molecular weight excluding hydrogens is 398 g/mol. The zero-order valence-electron chi connectivity index (χ0n) is 19.6. The highest BCUT2D eigenvalue weighted by atomic mass is 16.4. The first-order valence-electron chi connectivity index (χ1n) is 12.1. The average molecular weight is 444 g/mol. The molecule has 0 aromatic rings. The molecule has 182 valence electrons. The van der Waals surface area contributed by atoms with Crippen LogP contribution in [-0.4, -0.2) is 88.0 Å². The van der Waals surface area contributed by atoms with E-state index in [0.717, 1.165) is 38.5 Å². The highest BCUT2D eigenvalue weighted by Gasteiger charge is 2.40. The number of rotatable bonds is 9. The van der Waals surface area contributed by atoms with E-state index in [1.807, 2.05) is 4.90 Å². The second-order valence-corrected chi connectivity index (χ2v) is 10.5. The van der Waals surface area contributed by atoms with Gasteiger partial charge in [0.15, 0.2) is 0 Å². The molecule has 1 heterocycles. The number of aliphatic hydroxyl groups excluding tert-OH is 4. The molecule has 1 saturated heterocycles. The van der Waals surface area contributed by atoms with Gasteiger partial charge in [0.1, 0.15) is 12.2 Å². The summed E-state index contributed by atoms with van der Waals surface area (Å²) in [6.07, 6.45) is 4.90. The summed E-state index contributed by atoms with van der Waals surface area (Å²) in [5, 5.41) is 45.2. The second-order valence-electron chi connectivity index (χ2n) is 10.5. The van der Waals surface area contributed by atoms with Gasteiger partial charge in [0.05, 0.1) is 18.8 Å². The molecule has 1 unspecified atom stereocenters. The third-order valence-corrected chi connectivity index (χ3v) is 7.11. The molecule has 0 spiro atoms. The lowest BCUT2D eigenvalue weighted by Crippen LogP contribution is -2.62. The van der Waals surface area contributed by atoms with E-state index in [0.29, 0.717) is 19.0 Å². The minimum Gasteiger partial charge on any atom is -0.395 e. The first kappa shape index (κ1) is 26.3. The maximum Gasteiger partial charge on any atom is 0.315 e. The van der Waals surface area contributed by atoms with Crippen molar-refractivity contribution in [3.05, 3.63) is 0 Å². The normalized spacial score (nSPS) is 32.6. The zero-order valence-corrected chi connectivity index (χ0v) is 19.6. The van der Waals surface area contributed by atoms with Gasteiger partial charge in [-0.1, -0.05) is 40.0 Å². The van der Waals surface area contributed by atoms with Gasteiger partial charge in [0, 0.05) is 19.1 Å².